The van der Waals surface area contributed by atoms with E-state index in [4.69, 9.17) is 0 Å². The molecule has 1 aliphatic heterocycles. The van der Waals surface area contributed by atoms with Crippen LogP contribution >= 0.6 is 0 Å². The van der Waals surface area contributed by atoms with Crippen LogP contribution in [0.15, 0.2) is 78.6 Å². The first-order valence-corrected chi connectivity index (χ1v) is 9.86. The summed E-state index contributed by atoms with van der Waals surface area (Å²) in [5.41, 5.74) is 9.41. The predicted molar refractivity (Wildman–Crippen MR) is 120 cm³/mol. The second-order valence-electron chi connectivity index (χ2n) is 7.35. The SMILES string of the molecule is C(#Cc1ccc2c(c1)C=C(Cc1ccccc1)CN2)Cc1ccc2nc[nH]c2c1. The molecule has 3 heteroatoms. The van der Waals surface area contributed by atoms with Gasteiger partial charge >= 0.3 is 0 Å². The number of anilines is 1. The van der Waals surface area contributed by atoms with Gasteiger partial charge < -0.3 is 10.3 Å². The summed E-state index contributed by atoms with van der Waals surface area (Å²) in [6.45, 7) is 0.892. The van der Waals surface area contributed by atoms with E-state index >= 15 is 0 Å². The number of hydrogen-bond acceptors (Lipinski definition) is 2. The third-order valence-electron chi connectivity index (χ3n) is 5.20. The van der Waals surface area contributed by atoms with Gasteiger partial charge in [0.25, 0.3) is 0 Å². The van der Waals surface area contributed by atoms with E-state index in [2.05, 4.69) is 93.9 Å². The first-order chi connectivity index (χ1) is 14.3. The second-order valence-corrected chi connectivity index (χ2v) is 7.35. The van der Waals surface area contributed by atoms with E-state index in [0.29, 0.717) is 0 Å². The molecule has 0 spiro atoms. The molecule has 2 N–H and O–H groups in total. The Bertz CT molecular complexity index is 1250. The van der Waals surface area contributed by atoms with Crippen LogP contribution in [0.2, 0.25) is 0 Å². The van der Waals surface area contributed by atoms with E-state index in [1.54, 1.807) is 6.33 Å². The lowest BCUT2D eigenvalue weighted by atomic mass is 9.97. The number of nitrogens with zero attached hydrogens (tertiary/aromatic N) is 1. The zero-order chi connectivity index (χ0) is 19.5. The Hall–Kier alpha value is -3.77. The Labute approximate surface area is 170 Å². The molecule has 1 aromatic heterocycles. The molecule has 0 bridgehead atoms. The minimum absolute atomic E-state index is 0.722. The number of nitrogens with one attached hydrogen (secondary N) is 2. The Morgan fingerprint density at radius 2 is 1.86 bits per heavy atom. The smallest absolute Gasteiger partial charge is 0.0931 e. The van der Waals surface area contributed by atoms with Crippen molar-refractivity contribution in [2.24, 2.45) is 0 Å². The molecule has 0 radical (unpaired) electrons. The van der Waals surface area contributed by atoms with Gasteiger partial charge in [0, 0.05) is 24.2 Å². The van der Waals surface area contributed by atoms with Crippen molar-refractivity contribution in [2.75, 3.05) is 11.9 Å². The van der Waals surface area contributed by atoms with Crippen LogP contribution in [0.4, 0.5) is 5.69 Å². The van der Waals surface area contributed by atoms with Crippen molar-refractivity contribution in [1.82, 2.24) is 9.97 Å². The minimum atomic E-state index is 0.722. The van der Waals surface area contributed by atoms with Crippen LogP contribution in [-0.4, -0.2) is 16.5 Å². The van der Waals surface area contributed by atoms with Crippen LogP contribution < -0.4 is 5.32 Å². The largest absolute Gasteiger partial charge is 0.381 e. The van der Waals surface area contributed by atoms with Gasteiger partial charge in [0.15, 0.2) is 0 Å². The standard InChI is InChI=1S/C26H21N3/c1-2-5-19(6-3-1)13-22-15-23-14-20(9-11-24(23)27-17-22)7-4-8-21-10-12-25-26(16-21)29-18-28-25/h1-3,5-6,9-12,14-16,18,27H,8,13,17H2,(H,28,29). The zero-order valence-electron chi connectivity index (χ0n) is 16.1. The lowest BCUT2D eigenvalue weighted by Gasteiger charge is -2.19. The Morgan fingerprint density at radius 3 is 2.79 bits per heavy atom. The molecule has 0 saturated heterocycles. The molecule has 0 fully saturated rings. The van der Waals surface area contributed by atoms with Gasteiger partial charge in [-0.2, -0.15) is 0 Å². The van der Waals surface area contributed by atoms with Crippen molar-refractivity contribution in [3.63, 3.8) is 0 Å². The molecule has 2 heterocycles. The molecule has 3 aromatic carbocycles. The van der Waals surface area contributed by atoms with Gasteiger partial charge in [-0.15, -0.1) is 0 Å². The first kappa shape index (κ1) is 17.3. The fourth-order valence-electron chi connectivity index (χ4n) is 3.71. The van der Waals surface area contributed by atoms with Crippen LogP contribution in [-0.2, 0) is 12.8 Å². The number of hydrogen-bond donors (Lipinski definition) is 2. The molecule has 0 saturated carbocycles. The Morgan fingerprint density at radius 1 is 0.931 bits per heavy atom. The number of aromatic nitrogens is 2. The van der Waals surface area contributed by atoms with Crippen molar-refractivity contribution in [1.29, 1.82) is 0 Å². The number of H-pyrrole nitrogens is 1. The van der Waals surface area contributed by atoms with Crippen molar-refractivity contribution in [3.8, 4) is 11.8 Å². The van der Waals surface area contributed by atoms with Gasteiger partial charge in [-0.1, -0.05) is 54.3 Å². The average Bonchev–Trinajstić information content (AvgIpc) is 3.22. The maximum atomic E-state index is 4.26. The minimum Gasteiger partial charge on any atom is -0.381 e. The predicted octanol–water partition coefficient (Wildman–Crippen LogP) is 5.21. The summed E-state index contributed by atoms with van der Waals surface area (Å²) in [6, 6.07) is 23.3. The van der Waals surface area contributed by atoms with E-state index in [9.17, 15) is 0 Å². The van der Waals surface area contributed by atoms with Gasteiger partial charge in [-0.25, -0.2) is 4.98 Å². The molecule has 29 heavy (non-hydrogen) atoms. The number of aromatic amines is 1. The lowest BCUT2D eigenvalue weighted by Crippen LogP contribution is -2.12. The lowest BCUT2D eigenvalue weighted by molar-refractivity contribution is 1.07. The number of imidazole rings is 1. The van der Waals surface area contributed by atoms with E-state index < -0.39 is 0 Å². The molecule has 0 aliphatic carbocycles. The van der Waals surface area contributed by atoms with Gasteiger partial charge in [0.2, 0.25) is 0 Å². The van der Waals surface area contributed by atoms with Crippen LogP contribution in [0, 0.1) is 11.8 Å². The topological polar surface area (TPSA) is 40.7 Å². The maximum Gasteiger partial charge on any atom is 0.0931 e. The summed E-state index contributed by atoms with van der Waals surface area (Å²) in [7, 11) is 0. The Kier molecular flexibility index (Phi) is 4.60. The zero-order valence-corrected chi connectivity index (χ0v) is 16.1. The monoisotopic (exact) mass is 375 g/mol. The van der Waals surface area contributed by atoms with E-state index in [-0.39, 0.29) is 0 Å². The number of fused-ring (bicyclic) bond motifs is 2. The van der Waals surface area contributed by atoms with Gasteiger partial charge in [-0.05, 0) is 59.0 Å². The highest BCUT2D eigenvalue weighted by molar-refractivity contribution is 5.75. The highest BCUT2D eigenvalue weighted by Crippen LogP contribution is 2.26. The normalized spacial score (nSPS) is 12.5. The summed E-state index contributed by atoms with van der Waals surface area (Å²) in [4.78, 5) is 7.41. The summed E-state index contributed by atoms with van der Waals surface area (Å²) < 4.78 is 0. The van der Waals surface area contributed by atoms with E-state index in [1.165, 1.54) is 28.0 Å². The van der Waals surface area contributed by atoms with Crippen LogP contribution in [0.5, 0.6) is 0 Å². The molecular formula is C26H21N3. The molecule has 0 amide bonds. The molecule has 0 atom stereocenters. The first-order valence-electron chi connectivity index (χ1n) is 9.86. The molecule has 5 rings (SSSR count). The highest BCUT2D eigenvalue weighted by atomic mass is 14.9. The molecule has 1 aliphatic rings. The van der Waals surface area contributed by atoms with Crippen LogP contribution in [0.25, 0.3) is 17.1 Å². The van der Waals surface area contributed by atoms with Crippen LogP contribution in [0.1, 0.15) is 22.3 Å². The summed E-state index contributed by atoms with van der Waals surface area (Å²) in [5.74, 6) is 6.62. The fraction of sp³-hybridized carbons (Fsp3) is 0.115. The molecule has 4 aromatic rings. The second kappa shape index (κ2) is 7.69. The summed E-state index contributed by atoms with van der Waals surface area (Å²) in [5, 5.41) is 3.53. The highest BCUT2D eigenvalue weighted by Gasteiger charge is 2.10. The van der Waals surface area contributed by atoms with Gasteiger partial charge in [-0.3, -0.25) is 0 Å². The molecule has 0 unspecified atom stereocenters. The van der Waals surface area contributed by atoms with Crippen molar-refractivity contribution in [2.45, 2.75) is 12.8 Å². The number of rotatable bonds is 3. The quantitative estimate of drug-likeness (QED) is 0.483. The van der Waals surface area contributed by atoms with Gasteiger partial charge in [0.1, 0.15) is 0 Å². The number of benzene rings is 3. The van der Waals surface area contributed by atoms with Crippen molar-refractivity contribution < 1.29 is 0 Å². The third-order valence-corrected chi connectivity index (χ3v) is 5.20. The van der Waals surface area contributed by atoms with Crippen molar-refractivity contribution in [3.05, 3.63) is 101 Å². The molecule has 140 valence electrons. The average molecular weight is 375 g/mol. The van der Waals surface area contributed by atoms with E-state index in [1.807, 2.05) is 6.07 Å². The van der Waals surface area contributed by atoms with Gasteiger partial charge in [0.05, 0.1) is 17.4 Å². The molecule has 3 nitrogen and oxygen atoms in total. The third kappa shape index (κ3) is 3.93. The maximum absolute atomic E-state index is 4.26. The summed E-state index contributed by atoms with van der Waals surface area (Å²) >= 11 is 0. The fourth-order valence-corrected chi connectivity index (χ4v) is 3.71. The van der Waals surface area contributed by atoms with E-state index in [0.717, 1.165) is 36.0 Å². The molecular weight excluding hydrogens is 354 g/mol. The Balaban J connectivity index is 1.33. The van der Waals surface area contributed by atoms with Crippen LogP contribution in [0.3, 0.4) is 0 Å². The van der Waals surface area contributed by atoms with Crippen molar-refractivity contribution >= 4 is 22.8 Å². The summed E-state index contributed by atoms with van der Waals surface area (Å²) in [6.07, 6.45) is 5.72.